The summed E-state index contributed by atoms with van der Waals surface area (Å²) >= 11 is 0. The predicted molar refractivity (Wildman–Crippen MR) is 134 cm³/mol. The third-order valence-corrected chi connectivity index (χ3v) is 5.92. The van der Waals surface area contributed by atoms with Crippen molar-refractivity contribution >= 4 is 17.8 Å². The van der Waals surface area contributed by atoms with Gasteiger partial charge in [0.1, 0.15) is 0 Å². The van der Waals surface area contributed by atoms with E-state index in [4.69, 9.17) is 9.97 Å². The van der Waals surface area contributed by atoms with Gasteiger partial charge in [-0.05, 0) is 49.1 Å². The first-order chi connectivity index (χ1) is 15.8. The van der Waals surface area contributed by atoms with E-state index in [1.807, 2.05) is 42.5 Å². The van der Waals surface area contributed by atoms with E-state index < -0.39 is 0 Å². The molecule has 0 radical (unpaired) electrons. The molecular weight excluding hydrogens is 390 g/mol. The molecule has 2 heterocycles. The average Bonchev–Trinajstić information content (AvgIpc) is 2.89. The predicted octanol–water partition coefficient (Wildman–Crippen LogP) is 6.97. The molecule has 1 aliphatic rings. The molecule has 3 nitrogen and oxygen atoms in total. The minimum absolute atomic E-state index is 0.713. The molecule has 0 spiro atoms. The molecule has 0 atom stereocenters. The lowest BCUT2D eigenvalue weighted by Crippen LogP contribution is -2.29. The van der Waals surface area contributed by atoms with Crippen LogP contribution in [0.4, 0.5) is 5.69 Å². The summed E-state index contributed by atoms with van der Waals surface area (Å²) in [5, 5.41) is 0. The van der Waals surface area contributed by atoms with Gasteiger partial charge in [0.2, 0.25) is 0 Å². The minimum Gasteiger partial charge on any atom is -0.372 e. The van der Waals surface area contributed by atoms with Crippen molar-refractivity contribution < 1.29 is 0 Å². The van der Waals surface area contributed by atoms with Gasteiger partial charge < -0.3 is 4.90 Å². The Morgan fingerprint density at radius 2 is 1.16 bits per heavy atom. The Bertz CT molecular complexity index is 1120. The van der Waals surface area contributed by atoms with Gasteiger partial charge >= 0.3 is 0 Å². The zero-order chi connectivity index (χ0) is 21.6. The smallest absolute Gasteiger partial charge is 0.153 e. The molecule has 1 fully saturated rings. The summed E-state index contributed by atoms with van der Waals surface area (Å²) in [5.74, 6) is 0.713. The fourth-order valence-corrected chi connectivity index (χ4v) is 4.17. The highest BCUT2D eigenvalue weighted by Gasteiger charge is 2.10. The lowest BCUT2D eigenvalue weighted by molar-refractivity contribution is 0.578. The average molecular weight is 418 g/mol. The molecule has 5 rings (SSSR count). The molecule has 0 unspecified atom stereocenters. The first-order valence-corrected chi connectivity index (χ1v) is 11.4. The first-order valence-electron chi connectivity index (χ1n) is 11.4. The van der Waals surface area contributed by atoms with Crippen molar-refractivity contribution in [3.8, 4) is 22.5 Å². The topological polar surface area (TPSA) is 29.0 Å². The van der Waals surface area contributed by atoms with Crippen molar-refractivity contribution in [1.29, 1.82) is 0 Å². The summed E-state index contributed by atoms with van der Waals surface area (Å²) in [5.41, 5.74) is 6.51. The summed E-state index contributed by atoms with van der Waals surface area (Å²) in [6.45, 7) is 2.33. The third kappa shape index (κ3) is 4.78. The maximum absolute atomic E-state index is 4.83. The van der Waals surface area contributed by atoms with Gasteiger partial charge in [-0.15, -0.1) is 0 Å². The molecule has 32 heavy (non-hydrogen) atoms. The number of nitrogens with zero attached hydrogens (tertiary/aromatic N) is 3. The molecule has 0 bridgehead atoms. The van der Waals surface area contributed by atoms with Gasteiger partial charge in [-0.2, -0.15) is 0 Å². The molecule has 0 N–H and O–H groups in total. The van der Waals surface area contributed by atoms with Gasteiger partial charge in [0.05, 0.1) is 11.4 Å². The van der Waals surface area contributed by atoms with Crippen LogP contribution < -0.4 is 4.90 Å². The monoisotopic (exact) mass is 417 g/mol. The Morgan fingerprint density at radius 1 is 0.594 bits per heavy atom. The van der Waals surface area contributed by atoms with Crippen molar-refractivity contribution in [2.24, 2.45) is 0 Å². The fraction of sp³-hybridized carbons (Fsp3) is 0.172. The van der Waals surface area contributed by atoms with Crippen LogP contribution in [0.15, 0.2) is 91.0 Å². The van der Waals surface area contributed by atoms with Crippen LogP contribution in [0, 0.1) is 0 Å². The highest BCUT2D eigenvalue weighted by atomic mass is 15.1. The number of piperidine rings is 1. The molecule has 158 valence electrons. The lowest BCUT2D eigenvalue weighted by atomic mass is 10.1. The largest absolute Gasteiger partial charge is 0.372 e. The molecule has 1 aromatic heterocycles. The van der Waals surface area contributed by atoms with E-state index in [-0.39, 0.29) is 0 Å². The normalized spacial score (nSPS) is 14.1. The van der Waals surface area contributed by atoms with E-state index in [2.05, 4.69) is 65.6 Å². The van der Waals surface area contributed by atoms with Crippen LogP contribution in [0.2, 0.25) is 0 Å². The number of anilines is 1. The molecule has 3 aromatic carbocycles. The van der Waals surface area contributed by atoms with Gasteiger partial charge in [-0.3, -0.25) is 0 Å². The molecule has 0 amide bonds. The van der Waals surface area contributed by atoms with Crippen LogP contribution in [0.5, 0.6) is 0 Å². The highest BCUT2D eigenvalue weighted by Crippen LogP contribution is 2.25. The number of aromatic nitrogens is 2. The summed E-state index contributed by atoms with van der Waals surface area (Å²) in [6.07, 6.45) is 8.04. The van der Waals surface area contributed by atoms with Crippen LogP contribution >= 0.6 is 0 Å². The van der Waals surface area contributed by atoms with Crippen LogP contribution in [0.25, 0.3) is 34.7 Å². The van der Waals surface area contributed by atoms with Crippen molar-refractivity contribution in [2.45, 2.75) is 19.3 Å². The Labute approximate surface area is 190 Å². The maximum atomic E-state index is 4.83. The van der Waals surface area contributed by atoms with Crippen LogP contribution in [-0.2, 0) is 0 Å². The summed E-state index contributed by atoms with van der Waals surface area (Å²) < 4.78 is 0. The second-order valence-corrected chi connectivity index (χ2v) is 8.20. The Morgan fingerprint density at radius 3 is 1.72 bits per heavy atom. The summed E-state index contributed by atoms with van der Waals surface area (Å²) in [7, 11) is 0. The Balaban J connectivity index is 1.44. The Hall–Kier alpha value is -3.72. The maximum Gasteiger partial charge on any atom is 0.153 e. The third-order valence-electron chi connectivity index (χ3n) is 5.92. The minimum atomic E-state index is 0.713. The van der Waals surface area contributed by atoms with Crippen molar-refractivity contribution in [1.82, 2.24) is 9.97 Å². The number of benzene rings is 3. The van der Waals surface area contributed by atoms with Gasteiger partial charge in [0.25, 0.3) is 0 Å². The molecule has 1 aliphatic heterocycles. The molecule has 3 heteroatoms. The molecule has 1 saturated heterocycles. The SMILES string of the molecule is C(=C\c1nc(-c2ccccc2)cc(-c2ccccc2)n1)/c1ccc(N2CCCCC2)cc1. The number of rotatable bonds is 5. The van der Waals surface area contributed by atoms with E-state index in [1.165, 1.54) is 24.9 Å². The second kappa shape index (κ2) is 9.61. The quantitative estimate of drug-likeness (QED) is 0.351. The molecular formula is C29H27N3. The van der Waals surface area contributed by atoms with E-state index >= 15 is 0 Å². The second-order valence-electron chi connectivity index (χ2n) is 8.20. The molecule has 0 saturated carbocycles. The van der Waals surface area contributed by atoms with Gasteiger partial charge in [0, 0.05) is 29.9 Å². The lowest BCUT2D eigenvalue weighted by Gasteiger charge is -2.28. The highest BCUT2D eigenvalue weighted by molar-refractivity contribution is 5.73. The molecule has 0 aliphatic carbocycles. The van der Waals surface area contributed by atoms with Crippen molar-refractivity contribution in [3.63, 3.8) is 0 Å². The summed E-state index contributed by atoms with van der Waals surface area (Å²) in [6, 6.07) is 31.4. The van der Waals surface area contributed by atoms with Crippen LogP contribution in [0.1, 0.15) is 30.7 Å². The molecule has 4 aromatic rings. The van der Waals surface area contributed by atoms with Gasteiger partial charge in [-0.1, -0.05) is 78.9 Å². The Kier molecular flexibility index (Phi) is 6.07. The number of hydrogen-bond donors (Lipinski definition) is 0. The van der Waals surface area contributed by atoms with Gasteiger partial charge in [0.15, 0.2) is 5.82 Å². The summed E-state index contributed by atoms with van der Waals surface area (Å²) in [4.78, 5) is 12.1. The van der Waals surface area contributed by atoms with E-state index in [0.29, 0.717) is 5.82 Å². The first kappa shape index (κ1) is 20.2. The van der Waals surface area contributed by atoms with Crippen molar-refractivity contribution in [2.75, 3.05) is 18.0 Å². The van der Waals surface area contributed by atoms with E-state index in [0.717, 1.165) is 41.2 Å². The zero-order valence-electron chi connectivity index (χ0n) is 18.2. The van der Waals surface area contributed by atoms with Crippen LogP contribution in [0.3, 0.4) is 0 Å². The van der Waals surface area contributed by atoms with E-state index in [1.54, 1.807) is 0 Å². The van der Waals surface area contributed by atoms with E-state index in [9.17, 15) is 0 Å². The number of hydrogen-bond acceptors (Lipinski definition) is 3. The standard InChI is InChI=1S/C29H27N3/c1-4-10-24(11-5-1)27-22-28(25-12-6-2-7-13-25)31-29(30-27)19-16-23-14-17-26(18-15-23)32-20-8-3-9-21-32/h1-2,4-7,10-19,22H,3,8-9,20-21H2/b19-16+. The van der Waals surface area contributed by atoms with Gasteiger partial charge in [-0.25, -0.2) is 9.97 Å². The van der Waals surface area contributed by atoms with Crippen molar-refractivity contribution in [3.05, 3.63) is 102 Å². The van der Waals surface area contributed by atoms with Crippen LogP contribution in [-0.4, -0.2) is 23.1 Å². The fourth-order valence-electron chi connectivity index (χ4n) is 4.17. The zero-order valence-corrected chi connectivity index (χ0v) is 18.2.